The molecule has 0 aromatic rings. The minimum atomic E-state index is -1.45. The van der Waals surface area contributed by atoms with Crippen LogP contribution in [0.3, 0.4) is 0 Å². The summed E-state index contributed by atoms with van der Waals surface area (Å²) in [5.41, 5.74) is -0.568. The average Bonchev–Trinajstić information content (AvgIpc) is 2.08. The van der Waals surface area contributed by atoms with Gasteiger partial charge in [0, 0.05) is 13.0 Å². The molecule has 0 saturated heterocycles. The maximum absolute atomic E-state index is 11.1. The first kappa shape index (κ1) is 14.4. The molecular weight excluding hydrogens is 214 g/mol. The molecule has 1 amide bonds. The molecule has 0 fully saturated rings. The average molecular weight is 231 g/mol. The van der Waals surface area contributed by atoms with E-state index in [0.717, 1.165) is 0 Å². The highest BCUT2D eigenvalue weighted by Gasteiger charge is 2.16. The number of carbonyl (C=O) groups is 3. The van der Waals surface area contributed by atoms with Crippen LogP contribution in [0.15, 0.2) is 0 Å². The van der Waals surface area contributed by atoms with Gasteiger partial charge in [-0.25, -0.2) is 9.59 Å². The third-order valence-electron chi connectivity index (χ3n) is 1.49. The van der Waals surface area contributed by atoms with Crippen molar-refractivity contribution in [2.24, 2.45) is 0 Å². The van der Waals surface area contributed by atoms with E-state index >= 15 is 0 Å². The van der Waals surface area contributed by atoms with Crippen LogP contribution in [0, 0.1) is 0 Å². The smallest absolute Gasteiger partial charge is 0.407 e. The van der Waals surface area contributed by atoms with Gasteiger partial charge in [0.2, 0.25) is 5.78 Å². The van der Waals surface area contributed by atoms with Gasteiger partial charge in [-0.2, -0.15) is 0 Å². The summed E-state index contributed by atoms with van der Waals surface area (Å²) in [5.74, 6) is -2.30. The molecule has 0 heterocycles. The predicted octanol–water partition coefficient (Wildman–Crippen LogP) is 0.945. The molecule has 92 valence electrons. The Hall–Kier alpha value is -1.59. The number of ether oxygens (including phenoxy) is 1. The largest absolute Gasteiger partial charge is 0.476 e. The number of carbonyl (C=O) groups excluding carboxylic acids is 2. The van der Waals surface area contributed by atoms with Gasteiger partial charge in [0.15, 0.2) is 0 Å². The van der Waals surface area contributed by atoms with Gasteiger partial charge >= 0.3 is 12.1 Å². The lowest BCUT2D eigenvalue weighted by atomic mass is 10.2. The van der Waals surface area contributed by atoms with Crippen molar-refractivity contribution in [3.8, 4) is 0 Å². The molecule has 0 aromatic carbocycles. The summed E-state index contributed by atoms with van der Waals surface area (Å²) in [4.78, 5) is 31.9. The van der Waals surface area contributed by atoms with Gasteiger partial charge in [0.25, 0.3) is 0 Å². The summed E-state index contributed by atoms with van der Waals surface area (Å²) in [5, 5.41) is 10.7. The minimum Gasteiger partial charge on any atom is -0.476 e. The summed E-state index contributed by atoms with van der Waals surface area (Å²) >= 11 is 0. The van der Waals surface area contributed by atoms with E-state index in [-0.39, 0.29) is 19.4 Å². The molecule has 0 bridgehead atoms. The van der Waals surface area contributed by atoms with Crippen LogP contribution in [0.25, 0.3) is 0 Å². The molecule has 2 N–H and O–H groups in total. The van der Waals surface area contributed by atoms with Crippen LogP contribution in [0.2, 0.25) is 0 Å². The SMILES string of the molecule is CC(C)(C)OC(=O)NCCCC(=O)C(=O)O. The molecule has 0 radical (unpaired) electrons. The zero-order chi connectivity index (χ0) is 12.8. The van der Waals surface area contributed by atoms with Crippen molar-refractivity contribution in [3.63, 3.8) is 0 Å². The topological polar surface area (TPSA) is 92.7 Å². The molecule has 6 heteroatoms. The number of hydrogen-bond acceptors (Lipinski definition) is 4. The normalized spacial score (nSPS) is 10.7. The third-order valence-corrected chi connectivity index (χ3v) is 1.49. The Kier molecular flexibility index (Phi) is 5.49. The Labute approximate surface area is 94.0 Å². The predicted molar refractivity (Wildman–Crippen MR) is 56.1 cm³/mol. The third kappa shape index (κ3) is 7.78. The van der Waals surface area contributed by atoms with Gasteiger partial charge in [-0.3, -0.25) is 4.79 Å². The standard InChI is InChI=1S/C10H17NO5/c1-10(2,3)16-9(15)11-6-4-5-7(12)8(13)14/h4-6H2,1-3H3,(H,11,15)(H,13,14). The van der Waals surface area contributed by atoms with E-state index in [1.807, 2.05) is 0 Å². The molecule has 0 aromatic heterocycles. The van der Waals surface area contributed by atoms with Gasteiger partial charge < -0.3 is 15.2 Å². The minimum absolute atomic E-state index is 0.0921. The molecule has 6 nitrogen and oxygen atoms in total. The second kappa shape index (κ2) is 6.09. The van der Waals surface area contributed by atoms with Gasteiger partial charge in [-0.05, 0) is 27.2 Å². The Morgan fingerprint density at radius 2 is 1.81 bits per heavy atom. The number of carboxylic acid groups (broad SMARTS) is 1. The summed E-state index contributed by atoms with van der Waals surface area (Å²) < 4.78 is 4.94. The molecule has 0 atom stereocenters. The van der Waals surface area contributed by atoms with Gasteiger partial charge in [0.1, 0.15) is 5.60 Å². The van der Waals surface area contributed by atoms with E-state index in [1.54, 1.807) is 20.8 Å². The fourth-order valence-electron chi connectivity index (χ4n) is 0.861. The van der Waals surface area contributed by atoms with E-state index in [2.05, 4.69) is 5.32 Å². The number of rotatable bonds is 5. The molecule has 0 rings (SSSR count). The Balaban J connectivity index is 3.64. The van der Waals surface area contributed by atoms with E-state index in [1.165, 1.54) is 0 Å². The summed E-state index contributed by atoms with van der Waals surface area (Å²) in [6, 6.07) is 0. The fraction of sp³-hybridized carbons (Fsp3) is 0.700. The highest BCUT2D eigenvalue weighted by molar-refractivity contribution is 6.32. The van der Waals surface area contributed by atoms with Crippen molar-refractivity contribution in [2.45, 2.75) is 39.2 Å². The van der Waals surface area contributed by atoms with E-state index in [4.69, 9.17) is 9.84 Å². The maximum atomic E-state index is 11.1. The zero-order valence-electron chi connectivity index (χ0n) is 9.70. The second-order valence-corrected chi connectivity index (χ2v) is 4.26. The van der Waals surface area contributed by atoms with Gasteiger partial charge in [0.05, 0.1) is 0 Å². The number of carboxylic acids is 1. The molecule has 0 aliphatic carbocycles. The van der Waals surface area contributed by atoms with Crippen molar-refractivity contribution < 1.29 is 24.2 Å². The number of hydrogen-bond donors (Lipinski definition) is 2. The van der Waals surface area contributed by atoms with E-state index < -0.39 is 23.4 Å². The zero-order valence-corrected chi connectivity index (χ0v) is 9.70. The molecule has 0 aliphatic rings. The number of amides is 1. The maximum Gasteiger partial charge on any atom is 0.407 e. The Morgan fingerprint density at radius 3 is 2.25 bits per heavy atom. The molecule has 0 unspecified atom stereocenters. The van der Waals surface area contributed by atoms with Crippen molar-refractivity contribution in [3.05, 3.63) is 0 Å². The lowest BCUT2D eigenvalue weighted by molar-refractivity contribution is -0.149. The first-order valence-corrected chi connectivity index (χ1v) is 4.95. The first-order chi connectivity index (χ1) is 7.22. The molecule has 16 heavy (non-hydrogen) atoms. The summed E-state index contributed by atoms with van der Waals surface area (Å²) in [7, 11) is 0. The van der Waals surface area contributed by atoms with Crippen LogP contribution < -0.4 is 5.32 Å². The lowest BCUT2D eigenvalue weighted by Crippen LogP contribution is -2.33. The van der Waals surface area contributed by atoms with Crippen molar-refractivity contribution in [1.82, 2.24) is 5.32 Å². The van der Waals surface area contributed by atoms with Crippen LogP contribution in [-0.2, 0) is 14.3 Å². The van der Waals surface area contributed by atoms with Crippen LogP contribution in [0.4, 0.5) is 4.79 Å². The quantitative estimate of drug-likeness (QED) is 0.542. The number of ketones is 1. The molecular formula is C10H17NO5. The van der Waals surface area contributed by atoms with Gasteiger partial charge in [-0.15, -0.1) is 0 Å². The summed E-state index contributed by atoms with van der Waals surface area (Å²) in [6.45, 7) is 5.43. The highest BCUT2D eigenvalue weighted by Crippen LogP contribution is 2.06. The number of alkyl carbamates (subject to hydrolysis) is 1. The fourth-order valence-corrected chi connectivity index (χ4v) is 0.861. The van der Waals surface area contributed by atoms with Crippen LogP contribution in [-0.4, -0.2) is 35.1 Å². The van der Waals surface area contributed by atoms with Crippen molar-refractivity contribution >= 4 is 17.8 Å². The number of nitrogens with one attached hydrogen (secondary N) is 1. The van der Waals surface area contributed by atoms with E-state index in [9.17, 15) is 14.4 Å². The molecule has 0 spiro atoms. The number of aliphatic carboxylic acids is 1. The first-order valence-electron chi connectivity index (χ1n) is 4.95. The highest BCUT2D eigenvalue weighted by atomic mass is 16.6. The monoisotopic (exact) mass is 231 g/mol. The Morgan fingerprint density at radius 1 is 1.25 bits per heavy atom. The molecule has 0 aliphatic heterocycles. The molecule has 0 saturated carbocycles. The van der Waals surface area contributed by atoms with Crippen LogP contribution >= 0.6 is 0 Å². The second-order valence-electron chi connectivity index (χ2n) is 4.26. The van der Waals surface area contributed by atoms with Crippen molar-refractivity contribution in [2.75, 3.05) is 6.54 Å². The summed E-state index contributed by atoms with van der Waals surface area (Å²) in [6.07, 6.45) is -0.384. The lowest BCUT2D eigenvalue weighted by Gasteiger charge is -2.19. The van der Waals surface area contributed by atoms with Crippen LogP contribution in [0.5, 0.6) is 0 Å². The van der Waals surface area contributed by atoms with E-state index in [0.29, 0.717) is 0 Å². The van der Waals surface area contributed by atoms with Crippen molar-refractivity contribution in [1.29, 1.82) is 0 Å². The number of Topliss-reactive ketones (excluding diaryl/α,β-unsaturated/α-hetero) is 1. The van der Waals surface area contributed by atoms with Crippen LogP contribution in [0.1, 0.15) is 33.6 Å². The van der Waals surface area contributed by atoms with Gasteiger partial charge in [-0.1, -0.05) is 0 Å². The Bertz CT molecular complexity index is 279.